The Morgan fingerprint density at radius 1 is 1.47 bits per heavy atom. The molecule has 3 N–H and O–H groups in total. The van der Waals surface area contributed by atoms with E-state index in [0.29, 0.717) is 0 Å². The van der Waals surface area contributed by atoms with E-state index in [9.17, 15) is 9.36 Å². The van der Waals surface area contributed by atoms with Crippen molar-refractivity contribution in [2.45, 2.75) is 19.6 Å². The van der Waals surface area contributed by atoms with Crippen LogP contribution < -0.4 is 5.50 Å². The van der Waals surface area contributed by atoms with Gasteiger partial charge in [0.15, 0.2) is 6.10 Å². The van der Waals surface area contributed by atoms with E-state index < -0.39 is 19.8 Å². The summed E-state index contributed by atoms with van der Waals surface area (Å²) in [5.41, 5.74) is 5.58. The molecule has 0 aliphatic carbocycles. The van der Waals surface area contributed by atoms with Crippen LogP contribution in [-0.2, 0) is 25.2 Å². The van der Waals surface area contributed by atoms with E-state index in [1.807, 2.05) is 18.2 Å². The number of hydrogen-bond donors (Lipinski definition) is 2. The topological polar surface area (TPSA) is 98.9 Å². The fourth-order valence-corrected chi connectivity index (χ4v) is 1.65. The number of esters is 1. The molecule has 0 aliphatic heterocycles. The lowest BCUT2D eigenvalue weighted by Gasteiger charge is -2.13. The molecule has 17 heavy (non-hydrogen) atoms. The summed E-state index contributed by atoms with van der Waals surface area (Å²) < 4.78 is 20.0. The molecule has 0 radical (unpaired) electrons. The van der Waals surface area contributed by atoms with Crippen LogP contribution in [0.1, 0.15) is 12.5 Å². The Labute approximate surface area is 98.9 Å². The summed E-state index contributed by atoms with van der Waals surface area (Å²) in [6.07, 6.45) is -1.18. The molecular formula is C10H14NO5P. The monoisotopic (exact) mass is 259 g/mol. The average Bonchev–Trinajstić information content (AvgIpc) is 2.25. The second-order valence-electron chi connectivity index (χ2n) is 3.41. The summed E-state index contributed by atoms with van der Waals surface area (Å²) in [4.78, 5) is 20.1. The van der Waals surface area contributed by atoms with Gasteiger partial charge < -0.3 is 9.63 Å². The van der Waals surface area contributed by atoms with E-state index in [4.69, 9.17) is 15.1 Å². The molecule has 0 fully saturated rings. The van der Waals surface area contributed by atoms with Gasteiger partial charge in [-0.3, -0.25) is 4.52 Å². The number of rotatable bonds is 5. The van der Waals surface area contributed by atoms with Gasteiger partial charge in [0, 0.05) is 0 Å². The molecule has 1 rings (SSSR count). The van der Waals surface area contributed by atoms with Gasteiger partial charge in [-0.25, -0.2) is 14.9 Å². The molecule has 6 nitrogen and oxygen atoms in total. The van der Waals surface area contributed by atoms with Crippen LogP contribution in [-0.4, -0.2) is 17.0 Å². The van der Waals surface area contributed by atoms with Crippen molar-refractivity contribution >= 4 is 13.7 Å². The number of hydrogen-bond acceptors (Lipinski definition) is 4. The van der Waals surface area contributed by atoms with Gasteiger partial charge in [0.1, 0.15) is 6.61 Å². The Balaban J connectivity index is 2.42. The predicted octanol–water partition coefficient (Wildman–Crippen LogP) is 1.19. The second-order valence-corrected chi connectivity index (χ2v) is 4.74. The van der Waals surface area contributed by atoms with E-state index >= 15 is 0 Å². The van der Waals surface area contributed by atoms with Crippen LogP contribution in [0.25, 0.3) is 0 Å². The first-order chi connectivity index (χ1) is 7.88. The number of benzene rings is 1. The predicted molar refractivity (Wildman–Crippen MR) is 60.8 cm³/mol. The molecule has 0 saturated carbocycles. The summed E-state index contributed by atoms with van der Waals surface area (Å²) in [6, 6.07) is 9.04. The summed E-state index contributed by atoms with van der Waals surface area (Å²) in [6.45, 7) is 1.37. The number of ether oxygens (including phenoxy) is 1. The molecule has 0 aliphatic rings. The zero-order chi connectivity index (χ0) is 12.9. The first-order valence-corrected chi connectivity index (χ1v) is 6.53. The van der Waals surface area contributed by atoms with Gasteiger partial charge in [0.05, 0.1) is 0 Å². The molecule has 1 aromatic rings. The third kappa shape index (κ3) is 5.60. The van der Waals surface area contributed by atoms with Crippen molar-refractivity contribution in [2.24, 2.45) is 5.50 Å². The Bertz CT molecular complexity index is 416. The minimum Gasteiger partial charge on any atom is -0.459 e. The third-order valence-electron chi connectivity index (χ3n) is 1.86. The first-order valence-electron chi connectivity index (χ1n) is 4.89. The molecule has 1 aromatic carbocycles. The fourth-order valence-electron chi connectivity index (χ4n) is 1.12. The zero-order valence-electron chi connectivity index (χ0n) is 9.28. The maximum atomic E-state index is 11.4. The summed E-state index contributed by atoms with van der Waals surface area (Å²) >= 11 is 0. The largest absolute Gasteiger partial charge is 0.459 e. The highest BCUT2D eigenvalue weighted by atomic mass is 31.2. The highest BCUT2D eigenvalue weighted by Crippen LogP contribution is 2.33. The molecule has 0 saturated heterocycles. The van der Waals surface area contributed by atoms with Gasteiger partial charge in [0.2, 0.25) is 0 Å². The van der Waals surface area contributed by atoms with E-state index in [1.165, 1.54) is 6.92 Å². The Morgan fingerprint density at radius 2 is 2.06 bits per heavy atom. The molecule has 7 heteroatoms. The van der Waals surface area contributed by atoms with Crippen LogP contribution in [0.15, 0.2) is 30.3 Å². The molecule has 0 aromatic heterocycles. The Morgan fingerprint density at radius 3 is 2.59 bits per heavy atom. The summed E-state index contributed by atoms with van der Waals surface area (Å²) in [5.74, 6) is -0.742. The lowest BCUT2D eigenvalue weighted by Crippen LogP contribution is -2.23. The SMILES string of the molecule is C[C@H](OP(N)(=O)O)C(=O)OCc1ccccc1. The molecule has 0 bridgehead atoms. The smallest absolute Gasteiger partial charge is 0.401 e. The summed E-state index contributed by atoms with van der Waals surface area (Å²) in [5, 5.41) is 0. The van der Waals surface area contributed by atoms with Gasteiger partial charge >= 0.3 is 13.7 Å². The van der Waals surface area contributed by atoms with Crippen molar-refractivity contribution in [1.82, 2.24) is 0 Å². The third-order valence-corrected chi connectivity index (χ3v) is 2.48. The van der Waals surface area contributed by atoms with Crippen LogP contribution in [0.3, 0.4) is 0 Å². The van der Waals surface area contributed by atoms with Crippen molar-refractivity contribution in [3.63, 3.8) is 0 Å². The van der Waals surface area contributed by atoms with Crippen LogP contribution in [0.4, 0.5) is 0 Å². The lowest BCUT2D eigenvalue weighted by molar-refractivity contribution is -0.152. The molecular weight excluding hydrogens is 245 g/mol. The van der Waals surface area contributed by atoms with Gasteiger partial charge in [-0.1, -0.05) is 30.3 Å². The van der Waals surface area contributed by atoms with Crippen molar-refractivity contribution in [2.75, 3.05) is 0 Å². The molecule has 0 heterocycles. The maximum absolute atomic E-state index is 11.4. The maximum Gasteiger partial charge on any atom is 0.401 e. The minimum atomic E-state index is -4.17. The van der Waals surface area contributed by atoms with Crippen LogP contribution in [0, 0.1) is 0 Å². The zero-order valence-corrected chi connectivity index (χ0v) is 10.2. The van der Waals surface area contributed by atoms with Crippen molar-refractivity contribution in [3.8, 4) is 0 Å². The molecule has 2 atom stereocenters. The van der Waals surface area contributed by atoms with Crippen molar-refractivity contribution in [3.05, 3.63) is 35.9 Å². The standard InChI is InChI=1S/C10H14NO5P/c1-8(16-17(11,13)14)10(12)15-7-9-5-3-2-4-6-9/h2-6,8H,7H2,1H3,(H3,11,13,14)/t8-/m0/s1. The van der Waals surface area contributed by atoms with Gasteiger partial charge in [0.25, 0.3) is 0 Å². The van der Waals surface area contributed by atoms with E-state index in [0.717, 1.165) is 5.56 Å². The normalized spacial score (nSPS) is 15.9. The minimum absolute atomic E-state index is 0.0771. The van der Waals surface area contributed by atoms with Crippen molar-refractivity contribution in [1.29, 1.82) is 0 Å². The Hall–Kier alpha value is -1.20. The average molecular weight is 259 g/mol. The molecule has 0 spiro atoms. The number of carbonyl (C=O) groups is 1. The van der Waals surface area contributed by atoms with Crippen LogP contribution >= 0.6 is 7.75 Å². The summed E-state index contributed by atoms with van der Waals surface area (Å²) in [7, 11) is -4.17. The quantitative estimate of drug-likeness (QED) is 0.608. The number of nitrogens with two attached hydrogens (primary N) is 1. The Kier molecular flexibility index (Phi) is 4.84. The first kappa shape index (κ1) is 13.9. The highest BCUT2D eigenvalue weighted by Gasteiger charge is 2.23. The number of carbonyl (C=O) groups excluding carboxylic acids is 1. The van der Waals surface area contributed by atoms with Crippen molar-refractivity contribution < 1.29 is 23.5 Å². The van der Waals surface area contributed by atoms with Crippen LogP contribution in [0.5, 0.6) is 0 Å². The fraction of sp³-hybridized carbons (Fsp3) is 0.300. The van der Waals surface area contributed by atoms with E-state index in [-0.39, 0.29) is 6.61 Å². The molecule has 94 valence electrons. The van der Waals surface area contributed by atoms with Gasteiger partial charge in [-0.05, 0) is 12.5 Å². The van der Waals surface area contributed by atoms with E-state index in [1.54, 1.807) is 12.1 Å². The van der Waals surface area contributed by atoms with Gasteiger partial charge in [-0.2, -0.15) is 0 Å². The molecule has 1 unspecified atom stereocenters. The lowest BCUT2D eigenvalue weighted by atomic mass is 10.2. The van der Waals surface area contributed by atoms with Gasteiger partial charge in [-0.15, -0.1) is 0 Å². The van der Waals surface area contributed by atoms with E-state index in [2.05, 4.69) is 4.52 Å². The van der Waals surface area contributed by atoms with Crippen LogP contribution in [0.2, 0.25) is 0 Å². The second kappa shape index (κ2) is 5.93. The highest BCUT2D eigenvalue weighted by molar-refractivity contribution is 7.50. The molecule has 0 amide bonds.